The van der Waals surface area contributed by atoms with E-state index in [2.05, 4.69) is 0 Å². The largest absolute Gasteiger partial charge is 0.353 e. The zero-order chi connectivity index (χ0) is 16.5. The van der Waals surface area contributed by atoms with Gasteiger partial charge in [-0.1, -0.05) is 24.2 Å². The van der Waals surface area contributed by atoms with Gasteiger partial charge in [0.25, 0.3) is 0 Å². The molecule has 0 aliphatic heterocycles. The van der Waals surface area contributed by atoms with Crippen molar-refractivity contribution in [1.82, 2.24) is 0 Å². The molecule has 0 aromatic heterocycles. The summed E-state index contributed by atoms with van der Waals surface area (Å²) in [4.78, 5) is 0. The minimum absolute atomic E-state index is 0.0397. The van der Waals surface area contributed by atoms with Crippen molar-refractivity contribution in [2.75, 3.05) is 26.4 Å². The van der Waals surface area contributed by atoms with Gasteiger partial charge in [-0.25, -0.2) is 0 Å². The van der Waals surface area contributed by atoms with Crippen LogP contribution < -0.4 is 0 Å². The molecule has 0 rings (SSSR count). The van der Waals surface area contributed by atoms with Crippen molar-refractivity contribution in [3.05, 3.63) is 0 Å². The lowest BCUT2D eigenvalue weighted by atomic mass is 10.4. The highest BCUT2D eigenvalue weighted by Gasteiger charge is 2.08. The fourth-order valence-electron chi connectivity index (χ4n) is 2.50. The minimum Gasteiger partial charge on any atom is -0.353 e. The predicted molar refractivity (Wildman–Crippen MR) is 99.6 cm³/mol. The maximum Gasteiger partial charge on any atom is 0.157 e. The van der Waals surface area contributed by atoms with Crippen LogP contribution in [0.4, 0.5) is 0 Å². The monoisotopic (exact) mass is 350 g/mol. The van der Waals surface area contributed by atoms with E-state index >= 15 is 0 Å². The van der Waals surface area contributed by atoms with Crippen molar-refractivity contribution in [1.29, 1.82) is 0 Å². The van der Waals surface area contributed by atoms with Gasteiger partial charge in [0.1, 0.15) is 0 Å². The quantitative estimate of drug-likeness (QED) is 0.229. The number of rotatable bonds is 17. The van der Waals surface area contributed by atoms with Crippen molar-refractivity contribution >= 4 is 19.0 Å². The summed E-state index contributed by atoms with van der Waals surface area (Å²) in [6.45, 7) is 11.1. The maximum absolute atomic E-state index is 5.58. The highest BCUT2D eigenvalue weighted by molar-refractivity contribution is 6.42. The lowest BCUT2D eigenvalue weighted by Crippen LogP contribution is -2.18. The summed E-state index contributed by atoms with van der Waals surface area (Å²) in [6.07, 6.45) is 2.26. The zero-order valence-corrected chi connectivity index (χ0v) is 18.1. The van der Waals surface area contributed by atoms with Crippen molar-refractivity contribution < 1.29 is 18.9 Å². The smallest absolute Gasteiger partial charge is 0.157 e. The number of hydrogen-bond acceptors (Lipinski definition) is 4. The van der Waals surface area contributed by atoms with Crippen LogP contribution in [-0.2, 0) is 18.9 Å². The molecule has 0 atom stereocenters. The second-order valence-electron chi connectivity index (χ2n) is 5.38. The highest BCUT2D eigenvalue weighted by Crippen LogP contribution is 2.09. The molecular formula is C16H38O4Si2. The van der Waals surface area contributed by atoms with E-state index in [9.17, 15) is 0 Å². The molecule has 0 saturated carbocycles. The minimum atomic E-state index is 0.0397. The molecule has 0 radical (unpaired) electrons. The van der Waals surface area contributed by atoms with E-state index in [0.717, 1.165) is 39.3 Å². The SMILES string of the molecule is CCOC(CC[SiH2]CC[SiH2]CCC(OCC)OCC)OCC. The first-order valence-electron chi connectivity index (χ1n) is 9.24. The molecule has 0 unspecified atom stereocenters. The second-order valence-corrected chi connectivity index (χ2v) is 9.62. The van der Waals surface area contributed by atoms with Crippen LogP contribution in [-0.4, -0.2) is 58.0 Å². The van der Waals surface area contributed by atoms with E-state index in [1.165, 1.54) is 24.2 Å². The van der Waals surface area contributed by atoms with Gasteiger partial charge in [0.15, 0.2) is 12.6 Å². The molecule has 0 aromatic rings. The maximum atomic E-state index is 5.58. The summed E-state index contributed by atoms with van der Waals surface area (Å²) in [5.74, 6) is 0. The van der Waals surface area contributed by atoms with Crippen LogP contribution in [0.15, 0.2) is 0 Å². The van der Waals surface area contributed by atoms with E-state index in [1.54, 1.807) is 0 Å². The van der Waals surface area contributed by atoms with E-state index in [4.69, 9.17) is 18.9 Å². The standard InChI is InChI=1S/C16H38O4Si2/c1-5-17-15(18-6-2)9-11-21-13-14-22-12-10-16(19-7-3)20-8-4/h15-16H,5-14,21-22H2,1-4H3. The summed E-state index contributed by atoms with van der Waals surface area (Å²) in [5.41, 5.74) is 0. The molecule has 0 spiro atoms. The summed E-state index contributed by atoms with van der Waals surface area (Å²) in [5, 5.41) is 0. The van der Waals surface area contributed by atoms with Crippen LogP contribution in [0, 0.1) is 0 Å². The molecule has 4 nitrogen and oxygen atoms in total. The predicted octanol–water partition coefficient (Wildman–Crippen LogP) is 2.58. The first-order chi connectivity index (χ1) is 10.8. The molecule has 0 heterocycles. The van der Waals surface area contributed by atoms with E-state index in [-0.39, 0.29) is 31.6 Å². The lowest BCUT2D eigenvalue weighted by molar-refractivity contribution is -0.137. The highest BCUT2D eigenvalue weighted by atomic mass is 28.2. The first kappa shape index (κ1) is 22.3. The molecular weight excluding hydrogens is 312 g/mol. The average Bonchev–Trinajstić information content (AvgIpc) is 2.50. The summed E-state index contributed by atoms with van der Waals surface area (Å²) >= 11 is 0. The molecule has 0 aliphatic carbocycles. The van der Waals surface area contributed by atoms with Gasteiger partial charge in [-0.05, 0) is 40.5 Å². The van der Waals surface area contributed by atoms with Gasteiger partial charge in [-0.2, -0.15) is 0 Å². The van der Waals surface area contributed by atoms with Crippen LogP contribution in [0.5, 0.6) is 0 Å². The van der Waals surface area contributed by atoms with Crippen molar-refractivity contribution in [3.63, 3.8) is 0 Å². The van der Waals surface area contributed by atoms with Crippen molar-refractivity contribution in [2.45, 2.75) is 77.3 Å². The van der Waals surface area contributed by atoms with Crippen LogP contribution in [0.1, 0.15) is 40.5 Å². The summed E-state index contributed by atoms with van der Waals surface area (Å²) in [7, 11) is 0.160. The molecule has 0 saturated heterocycles. The third kappa shape index (κ3) is 13.9. The Bertz CT molecular complexity index is 186. The molecule has 0 bridgehead atoms. The Hall–Kier alpha value is 0.274. The van der Waals surface area contributed by atoms with E-state index < -0.39 is 0 Å². The Labute approximate surface area is 142 Å². The Morgan fingerprint density at radius 2 is 0.864 bits per heavy atom. The Kier molecular flexibility index (Phi) is 17.8. The zero-order valence-electron chi connectivity index (χ0n) is 15.3. The van der Waals surface area contributed by atoms with Crippen LogP contribution >= 0.6 is 0 Å². The van der Waals surface area contributed by atoms with Gasteiger partial charge in [0.05, 0.1) is 0 Å². The third-order valence-electron chi connectivity index (χ3n) is 3.54. The molecule has 0 aliphatic rings. The van der Waals surface area contributed by atoms with Gasteiger partial charge < -0.3 is 18.9 Å². The molecule has 0 fully saturated rings. The van der Waals surface area contributed by atoms with Crippen molar-refractivity contribution in [2.24, 2.45) is 0 Å². The first-order valence-corrected chi connectivity index (χ1v) is 13.2. The Balaban J connectivity index is 3.44. The Morgan fingerprint density at radius 1 is 0.545 bits per heavy atom. The van der Waals surface area contributed by atoms with Gasteiger partial charge in [0, 0.05) is 45.5 Å². The molecule has 22 heavy (non-hydrogen) atoms. The third-order valence-corrected chi connectivity index (χ3v) is 8.36. The van der Waals surface area contributed by atoms with Gasteiger partial charge in [0.2, 0.25) is 0 Å². The molecule has 134 valence electrons. The van der Waals surface area contributed by atoms with Crippen molar-refractivity contribution in [3.8, 4) is 0 Å². The molecule has 0 N–H and O–H groups in total. The molecule has 6 heteroatoms. The average molecular weight is 351 g/mol. The molecule has 0 amide bonds. The number of ether oxygens (including phenoxy) is 4. The van der Waals surface area contributed by atoms with Crippen LogP contribution in [0.25, 0.3) is 0 Å². The number of hydrogen-bond donors (Lipinski definition) is 0. The summed E-state index contributed by atoms with van der Waals surface area (Å²) < 4.78 is 22.3. The van der Waals surface area contributed by atoms with E-state index in [0.29, 0.717) is 0 Å². The topological polar surface area (TPSA) is 36.9 Å². The normalized spacial score (nSPS) is 12.8. The fourth-order valence-corrected chi connectivity index (χ4v) is 7.28. The van der Waals surface area contributed by atoms with Crippen LogP contribution in [0.2, 0.25) is 24.2 Å². The van der Waals surface area contributed by atoms with Gasteiger partial charge in [-0.15, -0.1) is 0 Å². The van der Waals surface area contributed by atoms with E-state index in [1.807, 2.05) is 27.7 Å². The second kappa shape index (κ2) is 17.6. The molecule has 0 aromatic carbocycles. The van der Waals surface area contributed by atoms with Crippen LogP contribution in [0.3, 0.4) is 0 Å². The van der Waals surface area contributed by atoms with Gasteiger partial charge >= 0.3 is 0 Å². The lowest BCUT2D eigenvalue weighted by Gasteiger charge is -2.17. The fraction of sp³-hybridized carbons (Fsp3) is 1.00. The Morgan fingerprint density at radius 3 is 1.14 bits per heavy atom. The van der Waals surface area contributed by atoms with Gasteiger partial charge in [-0.3, -0.25) is 0 Å². The summed E-state index contributed by atoms with van der Waals surface area (Å²) in [6, 6.07) is 5.68.